The maximum atomic E-state index is 11.4. The van der Waals surface area contributed by atoms with Crippen LogP contribution in [0.15, 0.2) is 23.1 Å². The molecule has 0 aliphatic heterocycles. The lowest BCUT2D eigenvalue weighted by Crippen LogP contribution is -2.24. The standard InChI is InChI=1S/C10H10N2O3/c1-6-2-8-3-7(4-9(13)14)5-12(8)10(15)11-6/h2-3,5H,4H2,1H3,(H,11,15)(H,13,14)/p-1. The van der Waals surface area contributed by atoms with Crippen molar-refractivity contribution in [3.05, 3.63) is 40.1 Å². The van der Waals surface area contributed by atoms with Crippen molar-refractivity contribution in [1.82, 2.24) is 9.38 Å². The molecule has 0 aromatic carbocycles. The van der Waals surface area contributed by atoms with Crippen LogP contribution in [0.4, 0.5) is 0 Å². The number of carbonyl (C=O) groups excluding carboxylic acids is 1. The molecule has 0 unspecified atom stereocenters. The summed E-state index contributed by atoms with van der Waals surface area (Å²) in [6, 6.07) is 3.44. The molecule has 78 valence electrons. The number of hydrogen-bond donors (Lipinski definition) is 1. The summed E-state index contributed by atoms with van der Waals surface area (Å²) in [5, 5.41) is 10.4. The van der Waals surface area contributed by atoms with Gasteiger partial charge in [-0.1, -0.05) is 0 Å². The van der Waals surface area contributed by atoms with Gasteiger partial charge in [-0.25, -0.2) is 4.79 Å². The minimum atomic E-state index is -1.15. The Hall–Kier alpha value is -2.04. The SMILES string of the molecule is Cc1cc2cc(CC(=O)[O-])cn2c(=O)[nH]1. The van der Waals surface area contributed by atoms with Crippen molar-refractivity contribution in [2.75, 3.05) is 0 Å². The smallest absolute Gasteiger partial charge is 0.330 e. The van der Waals surface area contributed by atoms with E-state index in [0.29, 0.717) is 11.1 Å². The zero-order valence-electron chi connectivity index (χ0n) is 8.11. The van der Waals surface area contributed by atoms with E-state index in [1.165, 1.54) is 10.6 Å². The Morgan fingerprint density at radius 2 is 2.27 bits per heavy atom. The van der Waals surface area contributed by atoms with E-state index >= 15 is 0 Å². The molecule has 0 aliphatic rings. The Balaban J connectivity index is 2.60. The van der Waals surface area contributed by atoms with Crippen molar-refractivity contribution in [3.8, 4) is 0 Å². The van der Waals surface area contributed by atoms with Crippen LogP contribution in [0, 0.1) is 6.92 Å². The molecule has 0 saturated carbocycles. The van der Waals surface area contributed by atoms with Gasteiger partial charge in [-0.05, 0) is 24.6 Å². The second-order valence-electron chi connectivity index (χ2n) is 3.45. The normalized spacial score (nSPS) is 10.7. The number of H-pyrrole nitrogens is 1. The molecule has 5 heteroatoms. The van der Waals surface area contributed by atoms with Gasteiger partial charge < -0.3 is 14.9 Å². The van der Waals surface area contributed by atoms with E-state index < -0.39 is 5.97 Å². The van der Waals surface area contributed by atoms with Gasteiger partial charge in [0, 0.05) is 24.3 Å². The lowest BCUT2D eigenvalue weighted by atomic mass is 10.2. The predicted octanol–water partition coefficient (Wildman–Crippen LogP) is -0.772. The molecule has 0 aliphatic carbocycles. The molecule has 0 radical (unpaired) electrons. The van der Waals surface area contributed by atoms with Crippen LogP contribution < -0.4 is 10.8 Å². The summed E-state index contributed by atoms with van der Waals surface area (Å²) < 4.78 is 1.38. The van der Waals surface area contributed by atoms with Gasteiger partial charge in [0.1, 0.15) is 0 Å². The van der Waals surface area contributed by atoms with Gasteiger partial charge in [-0.2, -0.15) is 0 Å². The molecule has 2 aromatic heterocycles. The average molecular weight is 205 g/mol. The maximum Gasteiger partial charge on any atom is 0.330 e. The number of aromatic amines is 1. The molecule has 0 saturated heterocycles. The highest BCUT2D eigenvalue weighted by Gasteiger charge is 2.03. The number of nitrogens with zero attached hydrogens (tertiary/aromatic N) is 1. The monoisotopic (exact) mass is 205 g/mol. The van der Waals surface area contributed by atoms with Crippen LogP contribution in [0.5, 0.6) is 0 Å². The molecule has 0 amide bonds. The highest BCUT2D eigenvalue weighted by molar-refractivity contribution is 5.69. The third-order valence-electron chi connectivity index (χ3n) is 2.14. The number of rotatable bonds is 2. The fraction of sp³-hybridized carbons (Fsp3) is 0.200. The molecular formula is C10H9N2O3-. The third kappa shape index (κ3) is 1.76. The molecule has 2 rings (SSSR count). The number of aryl methyl sites for hydroxylation is 1. The number of carboxylic acid groups (broad SMARTS) is 1. The molecule has 0 spiro atoms. The van der Waals surface area contributed by atoms with Crippen LogP contribution in [0.25, 0.3) is 5.52 Å². The number of aliphatic carboxylic acids is 1. The van der Waals surface area contributed by atoms with Crippen LogP contribution in [-0.4, -0.2) is 15.4 Å². The predicted molar refractivity (Wildman–Crippen MR) is 51.5 cm³/mol. The fourth-order valence-electron chi connectivity index (χ4n) is 1.57. The minimum absolute atomic E-state index is 0.180. The van der Waals surface area contributed by atoms with Crippen molar-refractivity contribution in [1.29, 1.82) is 0 Å². The molecule has 5 nitrogen and oxygen atoms in total. The van der Waals surface area contributed by atoms with Crippen LogP contribution in [0.1, 0.15) is 11.3 Å². The number of nitrogens with one attached hydrogen (secondary N) is 1. The van der Waals surface area contributed by atoms with Gasteiger partial charge >= 0.3 is 5.69 Å². The molecule has 15 heavy (non-hydrogen) atoms. The van der Waals surface area contributed by atoms with Crippen molar-refractivity contribution >= 4 is 11.5 Å². The van der Waals surface area contributed by atoms with Gasteiger partial charge in [-0.15, -0.1) is 0 Å². The summed E-state index contributed by atoms with van der Waals surface area (Å²) in [4.78, 5) is 24.5. The van der Waals surface area contributed by atoms with Crippen molar-refractivity contribution in [2.45, 2.75) is 13.3 Å². The van der Waals surface area contributed by atoms with Gasteiger partial charge in [0.05, 0.1) is 5.52 Å². The largest absolute Gasteiger partial charge is 0.550 e. The summed E-state index contributed by atoms with van der Waals surface area (Å²) in [6.07, 6.45) is 1.32. The Kier molecular flexibility index (Phi) is 2.07. The molecule has 2 aromatic rings. The van der Waals surface area contributed by atoms with E-state index in [1.54, 1.807) is 19.1 Å². The lowest BCUT2D eigenvalue weighted by molar-refractivity contribution is -0.304. The summed E-state index contributed by atoms with van der Waals surface area (Å²) in [6.45, 7) is 1.77. The molecule has 0 atom stereocenters. The maximum absolute atomic E-state index is 11.4. The van der Waals surface area contributed by atoms with Crippen LogP contribution in [0.3, 0.4) is 0 Å². The minimum Gasteiger partial charge on any atom is -0.550 e. The van der Waals surface area contributed by atoms with Gasteiger partial charge in [0.15, 0.2) is 0 Å². The van der Waals surface area contributed by atoms with E-state index in [1.807, 2.05) is 0 Å². The first-order chi connectivity index (χ1) is 7.06. The van der Waals surface area contributed by atoms with Gasteiger partial charge in [-0.3, -0.25) is 4.40 Å². The topological polar surface area (TPSA) is 77.4 Å². The lowest BCUT2D eigenvalue weighted by Gasteiger charge is -1.95. The first-order valence-corrected chi connectivity index (χ1v) is 4.47. The second kappa shape index (κ2) is 3.27. The summed E-state index contributed by atoms with van der Waals surface area (Å²) in [7, 11) is 0. The molecule has 2 heterocycles. The second-order valence-corrected chi connectivity index (χ2v) is 3.45. The molecular weight excluding hydrogens is 196 g/mol. The van der Waals surface area contributed by atoms with Crippen molar-refractivity contribution < 1.29 is 9.90 Å². The number of aromatic nitrogens is 2. The Morgan fingerprint density at radius 3 is 2.93 bits per heavy atom. The van der Waals surface area contributed by atoms with E-state index in [-0.39, 0.29) is 12.1 Å². The number of carbonyl (C=O) groups is 1. The van der Waals surface area contributed by atoms with E-state index in [9.17, 15) is 14.7 Å². The quantitative estimate of drug-likeness (QED) is 0.699. The summed E-state index contributed by atoms with van der Waals surface area (Å²) in [5.41, 5.74) is 1.72. The van der Waals surface area contributed by atoms with Gasteiger partial charge in [0.2, 0.25) is 0 Å². The molecule has 1 N–H and O–H groups in total. The Morgan fingerprint density at radius 1 is 1.53 bits per heavy atom. The van der Waals surface area contributed by atoms with E-state index in [0.717, 1.165) is 5.69 Å². The van der Waals surface area contributed by atoms with Gasteiger partial charge in [0.25, 0.3) is 0 Å². The summed E-state index contributed by atoms with van der Waals surface area (Å²) >= 11 is 0. The van der Waals surface area contributed by atoms with Crippen LogP contribution in [-0.2, 0) is 11.2 Å². The van der Waals surface area contributed by atoms with E-state index in [4.69, 9.17) is 0 Å². The summed E-state index contributed by atoms with van der Waals surface area (Å²) in [5.74, 6) is -1.15. The zero-order valence-corrected chi connectivity index (χ0v) is 8.11. The Bertz CT molecular complexity index is 580. The number of carboxylic acids is 1. The fourth-order valence-corrected chi connectivity index (χ4v) is 1.57. The highest BCUT2D eigenvalue weighted by atomic mass is 16.4. The first kappa shape index (κ1) is 9.51. The molecule has 0 bridgehead atoms. The van der Waals surface area contributed by atoms with Crippen molar-refractivity contribution in [3.63, 3.8) is 0 Å². The number of hydrogen-bond acceptors (Lipinski definition) is 3. The molecule has 0 fully saturated rings. The van der Waals surface area contributed by atoms with Crippen molar-refractivity contribution in [2.24, 2.45) is 0 Å². The highest BCUT2D eigenvalue weighted by Crippen LogP contribution is 2.08. The average Bonchev–Trinajstić information content (AvgIpc) is 2.45. The Labute approximate surface area is 85.0 Å². The third-order valence-corrected chi connectivity index (χ3v) is 2.14. The van der Waals surface area contributed by atoms with E-state index in [2.05, 4.69) is 4.98 Å². The van der Waals surface area contributed by atoms with Crippen LogP contribution in [0.2, 0.25) is 0 Å². The first-order valence-electron chi connectivity index (χ1n) is 4.47. The van der Waals surface area contributed by atoms with Crippen LogP contribution >= 0.6 is 0 Å². The zero-order chi connectivity index (χ0) is 11.0. The number of fused-ring (bicyclic) bond motifs is 1.